The molecule has 0 spiro atoms. The molecule has 108 valence electrons. The van der Waals surface area contributed by atoms with Crippen molar-refractivity contribution < 1.29 is 9.59 Å². The standard InChI is InChI=1S/C16H16N2O2S/c1-10-8-13(10)15(19)17-11-4-2-5-12(9-11)18-16(20)14-6-3-7-21-14/h2-7,9-10,13H,8H2,1H3,(H,17,19)(H,18,20). The van der Waals surface area contributed by atoms with Gasteiger partial charge in [-0.25, -0.2) is 0 Å². The van der Waals surface area contributed by atoms with Crippen molar-refractivity contribution >= 4 is 34.5 Å². The maximum absolute atomic E-state index is 12.0. The molecule has 1 saturated carbocycles. The summed E-state index contributed by atoms with van der Waals surface area (Å²) >= 11 is 1.40. The highest BCUT2D eigenvalue weighted by molar-refractivity contribution is 7.12. The Morgan fingerprint density at radius 3 is 2.48 bits per heavy atom. The van der Waals surface area contributed by atoms with Crippen molar-refractivity contribution in [2.45, 2.75) is 13.3 Å². The first-order chi connectivity index (χ1) is 10.1. The van der Waals surface area contributed by atoms with Crippen molar-refractivity contribution in [2.24, 2.45) is 11.8 Å². The molecule has 1 aromatic heterocycles. The fourth-order valence-corrected chi connectivity index (χ4v) is 2.82. The van der Waals surface area contributed by atoms with Crippen LogP contribution in [-0.2, 0) is 4.79 Å². The van der Waals surface area contributed by atoms with E-state index < -0.39 is 0 Å². The molecule has 1 aromatic carbocycles. The normalized spacial score (nSPS) is 19.9. The van der Waals surface area contributed by atoms with E-state index >= 15 is 0 Å². The molecular formula is C16H16N2O2S. The Kier molecular flexibility index (Phi) is 3.75. The highest BCUT2D eigenvalue weighted by Gasteiger charge is 2.39. The molecule has 2 N–H and O–H groups in total. The van der Waals surface area contributed by atoms with Crippen molar-refractivity contribution in [3.63, 3.8) is 0 Å². The van der Waals surface area contributed by atoms with E-state index in [4.69, 9.17) is 0 Å². The van der Waals surface area contributed by atoms with E-state index in [2.05, 4.69) is 17.6 Å². The van der Waals surface area contributed by atoms with Crippen LogP contribution >= 0.6 is 11.3 Å². The number of nitrogens with one attached hydrogen (secondary N) is 2. The summed E-state index contributed by atoms with van der Waals surface area (Å²) < 4.78 is 0. The van der Waals surface area contributed by atoms with Gasteiger partial charge in [0.05, 0.1) is 4.88 Å². The summed E-state index contributed by atoms with van der Waals surface area (Å²) in [5.41, 5.74) is 1.39. The van der Waals surface area contributed by atoms with E-state index in [-0.39, 0.29) is 17.7 Å². The summed E-state index contributed by atoms with van der Waals surface area (Å²) in [6, 6.07) is 10.8. The average molecular weight is 300 g/mol. The van der Waals surface area contributed by atoms with Crippen molar-refractivity contribution in [3.8, 4) is 0 Å². The summed E-state index contributed by atoms with van der Waals surface area (Å²) in [6.45, 7) is 2.07. The van der Waals surface area contributed by atoms with E-state index in [1.54, 1.807) is 18.2 Å². The second-order valence-corrected chi connectivity index (χ2v) is 6.27. The smallest absolute Gasteiger partial charge is 0.265 e. The maximum Gasteiger partial charge on any atom is 0.265 e. The number of amides is 2. The van der Waals surface area contributed by atoms with Crippen LogP contribution in [0, 0.1) is 11.8 Å². The van der Waals surface area contributed by atoms with E-state index in [0.29, 0.717) is 22.2 Å². The first-order valence-electron chi connectivity index (χ1n) is 6.89. The lowest BCUT2D eigenvalue weighted by Crippen LogP contribution is -2.15. The minimum absolute atomic E-state index is 0.0595. The van der Waals surface area contributed by atoms with Crippen LogP contribution in [0.3, 0.4) is 0 Å². The molecule has 2 unspecified atom stereocenters. The minimum Gasteiger partial charge on any atom is -0.326 e. The van der Waals surface area contributed by atoms with Crippen molar-refractivity contribution in [2.75, 3.05) is 10.6 Å². The lowest BCUT2D eigenvalue weighted by Gasteiger charge is -2.08. The van der Waals surface area contributed by atoms with Crippen LogP contribution in [0.5, 0.6) is 0 Å². The summed E-state index contributed by atoms with van der Waals surface area (Å²) in [5.74, 6) is 0.537. The van der Waals surface area contributed by atoms with Crippen molar-refractivity contribution in [1.29, 1.82) is 0 Å². The first kappa shape index (κ1) is 13.8. The van der Waals surface area contributed by atoms with Crippen LogP contribution in [0.15, 0.2) is 41.8 Å². The second-order valence-electron chi connectivity index (χ2n) is 5.32. The Labute approximate surface area is 127 Å². The lowest BCUT2D eigenvalue weighted by atomic mass is 10.2. The Hall–Kier alpha value is -2.14. The first-order valence-corrected chi connectivity index (χ1v) is 7.77. The zero-order valence-electron chi connectivity index (χ0n) is 11.6. The highest BCUT2D eigenvalue weighted by atomic mass is 32.1. The third kappa shape index (κ3) is 3.31. The van der Waals surface area contributed by atoms with Gasteiger partial charge < -0.3 is 10.6 Å². The van der Waals surface area contributed by atoms with Crippen LogP contribution in [0.25, 0.3) is 0 Å². The monoisotopic (exact) mass is 300 g/mol. The lowest BCUT2D eigenvalue weighted by molar-refractivity contribution is -0.117. The van der Waals surface area contributed by atoms with Gasteiger partial charge in [0.25, 0.3) is 5.91 Å². The van der Waals surface area contributed by atoms with E-state index in [1.165, 1.54) is 11.3 Å². The number of rotatable bonds is 4. The number of hydrogen-bond acceptors (Lipinski definition) is 3. The molecule has 0 bridgehead atoms. The predicted molar refractivity (Wildman–Crippen MR) is 84.6 cm³/mol. The average Bonchev–Trinajstić information content (AvgIpc) is 2.98. The molecular weight excluding hydrogens is 284 g/mol. The molecule has 0 aliphatic heterocycles. The summed E-state index contributed by atoms with van der Waals surface area (Å²) in [4.78, 5) is 24.6. The fraction of sp³-hybridized carbons (Fsp3) is 0.250. The van der Waals surface area contributed by atoms with Gasteiger partial charge in [0.1, 0.15) is 0 Å². The van der Waals surface area contributed by atoms with Gasteiger partial charge in [-0.05, 0) is 42.0 Å². The number of anilines is 2. The number of hydrogen-bond donors (Lipinski definition) is 2. The summed E-state index contributed by atoms with van der Waals surface area (Å²) in [6.07, 6.45) is 0.959. The van der Waals surface area contributed by atoms with Gasteiger partial charge in [-0.15, -0.1) is 11.3 Å². The summed E-state index contributed by atoms with van der Waals surface area (Å²) in [5, 5.41) is 7.59. The second kappa shape index (κ2) is 5.69. The molecule has 2 amide bonds. The molecule has 1 aliphatic carbocycles. The van der Waals surface area contributed by atoms with Crippen molar-refractivity contribution in [1.82, 2.24) is 0 Å². The van der Waals surface area contributed by atoms with Gasteiger partial charge in [-0.1, -0.05) is 19.1 Å². The van der Waals surface area contributed by atoms with Gasteiger partial charge in [0.2, 0.25) is 5.91 Å². The molecule has 21 heavy (non-hydrogen) atoms. The molecule has 2 aromatic rings. The van der Waals surface area contributed by atoms with E-state index in [9.17, 15) is 9.59 Å². The topological polar surface area (TPSA) is 58.2 Å². The van der Waals surface area contributed by atoms with Crippen LogP contribution in [0.2, 0.25) is 0 Å². The highest BCUT2D eigenvalue weighted by Crippen LogP contribution is 2.38. The Bertz CT molecular complexity index is 667. The number of carbonyl (C=O) groups excluding carboxylic acids is 2. The molecule has 4 nitrogen and oxygen atoms in total. The van der Waals surface area contributed by atoms with E-state index in [0.717, 1.165) is 6.42 Å². The van der Waals surface area contributed by atoms with Crippen molar-refractivity contribution in [3.05, 3.63) is 46.7 Å². The molecule has 0 saturated heterocycles. The van der Waals surface area contributed by atoms with Gasteiger partial charge >= 0.3 is 0 Å². The Morgan fingerprint density at radius 2 is 1.86 bits per heavy atom. The number of thiophene rings is 1. The Morgan fingerprint density at radius 1 is 1.14 bits per heavy atom. The molecule has 0 radical (unpaired) electrons. The fourth-order valence-electron chi connectivity index (χ4n) is 2.20. The predicted octanol–water partition coefficient (Wildman–Crippen LogP) is 3.59. The quantitative estimate of drug-likeness (QED) is 0.906. The van der Waals surface area contributed by atoms with Gasteiger partial charge in [0, 0.05) is 17.3 Å². The maximum atomic E-state index is 12.0. The van der Waals surface area contributed by atoms with Gasteiger partial charge in [-0.2, -0.15) is 0 Å². The van der Waals surface area contributed by atoms with Crippen LogP contribution < -0.4 is 10.6 Å². The van der Waals surface area contributed by atoms with Gasteiger partial charge in [0.15, 0.2) is 0 Å². The third-order valence-electron chi connectivity index (χ3n) is 3.58. The zero-order chi connectivity index (χ0) is 14.8. The molecule has 5 heteroatoms. The molecule has 2 atom stereocenters. The minimum atomic E-state index is -0.135. The van der Waals surface area contributed by atoms with Gasteiger partial charge in [-0.3, -0.25) is 9.59 Å². The van der Waals surface area contributed by atoms with E-state index in [1.807, 2.05) is 23.6 Å². The largest absolute Gasteiger partial charge is 0.326 e. The molecule has 3 rings (SSSR count). The summed E-state index contributed by atoms with van der Waals surface area (Å²) in [7, 11) is 0. The molecule has 1 aliphatic rings. The third-order valence-corrected chi connectivity index (χ3v) is 4.45. The van der Waals surface area contributed by atoms with Crippen LogP contribution in [0.4, 0.5) is 11.4 Å². The SMILES string of the molecule is CC1CC1C(=O)Nc1cccc(NC(=O)c2cccs2)c1. The number of carbonyl (C=O) groups is 2. The Balaban J connectivity index is 1.65. The van der Waals surface area contributed by atoms with Crippen LogP contribution in [0.1, 0.15) is 23.0 Å². The molecule has 1 heterocycles. The number of benzene rings is 1. The van der Waals surface area contributed by atoms with Crippen LogP contribution in [-0.4, -0.2) is 11.8 Å². The zero-order valence-corrected chi connectivity index (χ0v) is 12.4. The molecule has 1 fully saturated rings.